The Kier molecular flexibility index (Phi) is 7.18. The third kappa shape index (κ3) is 4.76. The lowest BCUT2D eigenvalue weighted by atomic mass is 10.0. The van der Waals surface area contributed by atoms with E-state index in [1.807, 2.05) is 18.2 Å². The van der Waals surface area contributed by atoms with Gasteiger partial charge in [-0.25, -0.2) is 0 Å². The summed E-state index contributed by atoms with van der Waals surface area (Å²) in [6.07, 6.45) is 0. The van der Waals surface area contributed by atoms with E-state index in [0.29, 0.717) is 22.7 Å². The van der Waals surface area contributed by atoms with Crippen LogP contribution in [0.4, 0.5) is 0 Å². The number of hydrogen-bond acceptors (Lipinski definition) is 3. The van der Waals surface area contributed by atoms with E-state index < -0.39 is 0 Å². The highest BCUT2D eigenvalue weighted by atomic mass is 35.5. The lowest BCUT2D eigenvalue weighted by Gasteiger charge is -2.17. The van der Waals surface area contributed by atoms with Gasteiger partial charge in [0.15, 0.2) is 5.82 Å². The first kappa shape index (κ1) is 32.7. The van der Waals surface area contributed by atoms with Crippen LogP contribution in [0.3, 0.4) is 0 Å². The Labute approximate surface area is 337 Å². The van der Waals surface area contributed by atoms with Crippen molar-refractivity contribution in [3.63, 3.8) is 0 Å². The molecule has 7 heteroatoms. The first-order valence-corrected chi connectivity index (χ1v) is 19.7. The van der Waals surface area contributed by atoms with Gasteiger partial charge in [0.1, 0.15) is 0 Å². The average molecular weight is 763 g/mol. The fourth-order valence-corrected chi connectivity index (χ4v) is 9.21. The topological polar surface area (TPSA) is 53.5 Å². The minimum Gasteiger partial charge on any atom is -0.308 e. The summed E-state index contributed by atoms with van der Waals surface area (Å²) < 4.78 is 6.69. The number of benzene rings is 8. The summed E-state index contributed by atoms with van der Waals surface area (Å²) in [6.45, 7) is 0. The number of rotatable bonds is 5. The molecule has 6 nitrogen and oxygen atoms in total. The SMILES string of the molecule is Clc1ccccc1-c1cccc2c3ccccc3n(-c3ccccc3-c3nc(-n4c5ccccc5c5ccccc54)nc(-n4c5ccccc5c5ccccc54)n3)c12. The Hall–Kier alpha value is -7.54. The minimum absolute atomic E-state index is 0.535. The van der Waals surface area contributed by atoms with E-state index in [9.17, 15) is 0 Å². The second kappa shape index (κ2) is 12.7. The third-order valence-corrected chi connectivity index (χ3v) is 11.7. The number of halogens is 1. The molecule has 58 heavy (non-hydrogen) atoms. The van der Waals surface area contributed by atoms with Crippen LogP contribution in [0.1, 0.15) is 0 Å². The molecule has 4 heterocycles. The molecule has 0 N–H and O–H groups in total. The van der Waals surface area contributed by atoms with E-state index in [1.165, 1.54) is 0 Å². The Bertz CT molecular complexity index is 3370. The highest BCUT2D eigenvalue weighted by molar-refractivity contribution is 6.34. The van der Waals surface area contributed by atoms with Crippen molar-refractivity contribution in [2.45, 2.75) is 0 Å². The smallest absolute Gasteiger partial charge is 0.240 e. The first-order valence-electron chi connectivity index (χ1n) is 19.3. The van der Waals surface area contributed by atoms with Gasteiger partial charge < -0.3 is 4.57 Å². The zero-order valence-electron chi connectivity index (χ0n) is 31.0. The standard InChI is InChI=1S/C51H31ClN6/c52-41-25-8-1-16-32(41)38-23-15-24-39-37-21-6-9-26-42(37)56(48(38)39)47-31-14-7-22-40(47)49-53-50(57-43-27-10-2-17-33(43)34-18-3-11-28-44(34)57)55-51(54-49)58-45-29-12-4-19-35(45)36-20-5-13-30-46(36)58/h1-31H. The van der Waals surface area contributed by atoms with Crippen LogP contribution in [-0.2, 0) is 0 Å². The van der Waals surface area contributed by atoms with Gasteiger partial charge in [-0.3, -0.25) is 9.13 Å². The minimum atomic E-state index is 0.535. The molecule has 0 radical (unpaired) electrons. The Morgan fingerprint density at radius 1 is 0.310 bits per heavy atom. The van der Waals surface area contributed by atoms with Gasteiger partial charge in [-0.1, -0.05) is 151 Å². The molecule has 0 fully saturated rings. The van der Waals surface area contributed by atoms with Crippen LogP contribution in [0.2, 0.25) is 5.02 Å². The van der Waals surface area contributed by atoms with Crippen LogP contribution in [0, 0.1) is 0 Å². The van der Waals surface area contributed by atoms with Crippen molar-refractivity contribution in [2.24, 2.45) is 0 Å². The van der Waals surface area contributed by atoms with Crippen LogP contribution < -0.4 is 0 Å². The Morgan fingerprint density at radius 2 is 0.690 bits per heavy atom. The summed E-state index contributed by atoms with van der Waals surface area (Å²) in [5.41, 5.74) is 10.0. The highest BCUT2D eigenvalue weighted by Gasteiger charge is 2.24. The molecule has 12 aromatic rings. The van der Waals surface area contributed by atoms with Gasteiger partial charge in [0, 0.05) is 54.0 Å². The first-order chi connectivity index (χ1) is 28.7. The molecular formula is C51H31ClN6. The van der Waals surface area contributed by atoms with Gasteiger partial charge in [0.05, 0.1) is 38.8 Å². The van der Waals surface area contributed by atoms with Gasteiger partial charge in [-0.15, -0.1) is 0 Å². The Morgan fingerprint density at radius 3 is 1.21 bits per heavy atom. The molecule has 0 amide bonds. The van der Waals surface area contributed by atoms with E-state index in [4.69, 9.17) is 26.6 Å². The van der Waals surface area contributed by atoms with E-state index in [1.54, 1.807) is 0 Å². The van der Waals surface area contributed by atoms with Crippen molar-refractivity contribution in [3.8, 4) is 40.1 Å². The summed E-state index contributed by atoms with van der Waals surface area (Å²) in [6, 6.07) is 65.4. The molecule has 0 saturated carbocycles. The monoisotopic (exact) mass is 762 g/mol. The molecule has 4 aromatic heterocycles. The van der Waals surface area contributed by atoms with Crippen LogP contribution in [-0.4, -0.2) is 28.7 Å². The van der Waals surface area contributed by atoms with Gasteiger partial charge in [0.25, 0.3) is 0 Å². The summed E-state index contributed by atoms with van der Waals surface area (Å²) in [7, 11) is 0. The van der Waals surface area contributed by atoms with Crippen molar-refractivity contribution in [2.75, 3.05) is 0 Å². The Balaban J connectivity index is 1.21. The fraction of sp³-hybridized carbons (Fsp3) is 0. The highest BCUT2D eigenvalue weighted by Crippen LogP contribution is 2.42. The summed E-state index contributed by atoms with van der Waals surface area (Å²) in [5, 5.41) is 7.52. The second-order valence-corrected chi connectivity index (χ2v) is 15.0. The molecule has 0 aliphatic rings. The number of nitrogens with zero attached hydrogens (tertiary/aromatic N) is 6. The molecule has 0 bridgehead atoms. The number of para-hydroxylation sites is 7. The zero-order chi connectivity index (χ0) is 38.3. The van der Waals surface area contributed by atoms with Crippen LogP contribution in [0.25, 0.3) is 106 Å². The van der Waals surface area contributed by atoms with Crippen molar-refractivity contribution in [3.05, 3.63) is 193 Å². The molecule has 0 atom stereocenters. The molecule has 272 valence electrons. The summed E-state index contributed by atoms with van der Waals surface area (Å²) in [4.78, 5) is 16.3. The number of fused-ring (bicyclic) bond motifs is 9. The van der Waals surface area contributed by atoms with Crippen LogP contribution in [0.15, 0.2) is 188 Å². The molecule has 0 spiro atoms. The lowest BCUT2D eigenvalue weighted by molar-refractivity contribution is 0.892. The van der Waals surface area contributed by atoms with Gasteiger partial charge in [-0.2, -0.15) is 15.0 Å². The zero-order valence-corrected chi connectivity index (χ0v) is 31.7. The van der Waals surface area contributed by atoms with E-state index in [-0.39, 0.29) is 0 Å². The average Bonchev–Trinajstić information content (AvgIpc) is 3.93. The third-order valence-electron chi connectivity index (χ3n) is 11.4. The van der Waals surface area contributed by atoms with E-state index in [0.717, 1.165) is 87.8 Å². The largest absolute Gasteiger partial charge is 0.308 e. The molecule has 12 rings (SSSR count). The van der Waals surface area contributed by atoms with Crippen molar-refractivity contribution in [1.82, 2.24) is 28.7 Å². The van der Waals surface area contributed by atoms with Crippen LogP contribution in [0.5, 0.6) is 0 Å². The second-order valence-electron chi connectivity index (χ2n) is 14.5. The molecule has 0 aliphatic carbocycles. The maximum atomic E-state index is 6.94. The normalized spacial score (nSPS) is 11.9. The molecule has 0 aliphatic heterocycles. The summed E-state index contributed by atoms with van der Waals surface area (Å²) >= 11 is 6.94. The van der Waals surface area contributed by atoms with E-state index >= 15 is 0 Å². The van der Waals surface area contributed by atoms with E-state index in [2.05, 4.69) is 184 Å². The maximum Gasteiger partial charge on any atom is 0.240 e. The lowest BCUT2D eigenvalue weighted by Crippen LogP contribution is -2.11. The fourth-order valence-electron chi connectivity index (χ4n) is 8.97. The number of hydrogen-bond donors (Lipinski definition) is 0. The van der Waals surface area contributed by atoms with Gasteiger partial charge in [0.2, 0.25) is 11.9 Å². The molecular weight excluding hydrogens is 732 g/mol. The quantitative estimate of drug-likeness (QED) is 0.175. The van der Waals surface area contributed by atoms with Gasteiger partial charge >= 0.3 is 0 Å². The van der Waals surface area contributed by atoms with Crippen LogP contribution >= 0.6 is 11.6 Å². The van der Waals surface area contributed by atoms with Crippen molar-refractivity contribution in [1.29, 1.82) is 0 Å². The maximum absolute atomic E-state index is 6.94. The molecule has 0 unspecified atom stereocenters. The summed E-state index contributed by atoms with van der Waals surface area (Å²) in [5.74, 6) is 1.63. The predicted molar refractivity (Wildman–Crippen MR) is 239 cm³/mol. The molecule has 0 saturated heterocycles. The molecule has 8 aromatic carbocycles. The van der Waals surface area contributed by atoms with Crippen molar-refractivity contribution >= 4 is 77.0 Å². The number of aromatic nitrogens is 6. The van der Waals surface area contributed by atoms with Gasteiger partial charge in [-0.05, 0) is 48.5 Å². The van der Waals surface area contributed by atoms with Crippen molar-refractivity contribution < 1.29 is 0 Å². The predicted octanol–water partition coefficient (Wildman–Crippen LogP) is 13.2.